The summed E-state index contributed by atoms with van der Waals surface area (Å²) in [6.07, 6.45) is -0.306. The molecule has 3 rings (SSSR count). The van der Waals surface area contributed by atoms with Crippen LogP contribution in [0.5, 0.6) is 11.5 Å². The number of carbonyl (C=O) groups is 1. The van der Waals surface area contributed by atoms with Gasteiger partial charge in [-0.25, -0.2) is 0 Å². The standard InChI is InChI=1S/C20H22N2O4/c1-24-14-9-8-13-10-17(22-16(13)11-14)20(23)21-12-19(26-3)15-6-4-5-7-18(15)25-2/h4-11,19,22H,12H2,1-3H3,(H,21,23). The fourth-order valence-electron chi connectivity index (χ4n) is 2.89. The number of methoxy groups -OCH3 is 3. The lowest BCUT2D eigenvalue weighted by Gasteiger charge is -2.18. The smallest absolute Gasteiger partial charge is 0.267 e. The molecule has 1 atom stereocenters. The van der Waals surface area contributed by atoms with Crippen LogP contribution < -0.4 is 14.8 Å². The topological polar surface area (TPSA) is 72.6 Å². The number of H-pyrrole nitrogens is 1. The van der Waals surface area contributed by atoms with Crippen LogP contribution in [0.2, 0.25) is 0 Å². The van der Waals surface area contributed by atoms with Crippen molar-refractivity contribution in [3.05, 3.63) is 59.8 Å². The third kappa shape index (κ3) is 3.65. The fourth-order valence-corrected chi connectivity index (χ4v) is 2.89. The minimum atomic E-state index is -0.306. The maximum atomic E-state index is 12.5. The Balaban J connectivity index is 1.73. The van der Waals surface area contributed by atoms with E-state index in [4.69, 9.17) is 14.2 Å². The van der Waals surface area contributed by atoms with Gasteiger partial charge in [0, 0.05) is 36.2 Å². The highest BCUT2D eigenvalue weighted by atomic mass is 16.5. The predicted molar refractivity (Wildman–Crippen MR) is 99.9 cm³/mol. The van der Waals surface area contributed by atoms with Crippen LogP contribution in [0.3, 0.4) is 0 Å². The lowest BCUT2D eigenvalue weighted by atomic mass is 10.1. The summed E-state index contributed by atoms with van der Waals surface area (Å²) < 4.78 is 16.1. The van der Waals surface area contributed by atoms with Gasteiger partial charge in [0.15, 0.2) is 0 Å². The second-order valence-electron chi connectivity index (χ2n) is 5.81. The summed E-state index contributed by atoms with van der Waals surface area (Å²) in [6.45, 7) is 0.328. The van der Waals surface area contributed by atoms with E-state index in [9.17, 15) is 4.79 Å². The molecule has 136 valence electrons. The Hall–Kier alpha value is -2.99. The van der Waals surface area contributed by atoms with Crippen molar-refractivity contribution in [3.8, 4) is 11.5 Å². The number of hydrogen-bond acceptors (Lipinski definition) is 4. The summed E-state index contributed by atoms with van der Waals surface area (Å²) >= 11 is 0. The number of nitrogens with one attached hydrogen (secondary N) is 2. The van der Waals surface area contributed by atoms with Crippen molar-refractivity contribution < 1.29 is 19.0 Å². The Bertz CT molecular complexity index is 904. The zero-order valence-electron chi connectivity index (χ0n) is 15.0. The van der Waals surface area contributed by atoms with Crippen LogP contribution in [0.4, 0.5) is 0 Å². The van der Waals surface area contributed by atoms with Crippen LogP contribution >= 0.6 is 0 Å². The zero-order valence-corrected chi connectivity index (χ0v) is 15.0. The first-order chi connectivity index (χ1) is 12.7. The highest BCUT2D eigenvalue weighted by Crippen LogP contribution is 2.26. The van der Waals surface area contributed by atoms with Gasteiger partial charge in [0.2, 0.25) is 0 Å². The summed E-state index contributed by atoms with van der Waals surface area (Å²) in [5.41, 5.74) is 2.23. The molecule has 26 heavy (non-hydrogen) atoms. The first-order valence-corrected chi connectivity index (χ1v) is 8.27. The van der Waals surface area contributed by atoms with Gasteiger partial charge >= 0.3 is 0 Å². The number of rotatable bonds is 7. The number of para-hydroxylation sites is 1. The maximum absolute atomic E-state index is 12.5. The SMILES string of the molecule is COc1ccc2cc(C(=O)NCC(OC)c3ccccc3OC)[nH]c2c1. The Labute approximate surface area is 152 Å². The molecule has 6 nitrogen and oxygen atoms in total. The van der Waals surface area contributed by atoms with Gasteiger partial charge in [-0.1, -0.05) is 18.2 Å². The highest BCUT2D eigenvalue weighted by molar-refractivity contribution is 5.98. The molecule has 3 aromatic rings. The van der Waals surface area contributed by atoms with Crippen LogP contribution in [-0.2, 0) is 4.74 Å². The number of carbonyl (C=O) groups excluding carboxylic acids is 1. The number of aromatic amines is 1. The molecule has 0 aliphatic heterocycles. The van der Waals surface area contributed by atoms with E-state index in [0.717, 1.165) is 28.0 Å². The van der Waals surface area contributed by atoms with Crippen LogP contribution in [-0.4, -0.2) is 38.8 Å². The molecule has 0 aliphatic carbocycles. The largest absolute Gasteiger partial charge is 0.497 e. The molecule has 0 saturated carbocycles. The van der Waals surface area contributed by atoms with Crippen molar-refractivity contribution in [2.24, 2.45) is 0 Å². The summed E-state index contributed by atoms with van der Waals surface area (Å²) in [5, 5.41) is 3.86. The average molecular weight is 354 g/mol. The molecule has 0 fully saturated rings. The lowest BCUT2D eigenvalue weighted by Crippen LogP contribution is -2.29. The number of amides is 1. The van der Waals surface area contributed by atoms with Crippen LogP contribution in [0.15, 0.2) is 48.5 Å². The minimum absolute atomic E-state index is 0.197. The summed E-state index contributed by atoms with van der Waals surface area (Å²) in [7, 11) is 4.84. The molecule has 2 aromatic carbocycles. The van der Waals surface area contributed by atoms with Crippen molar-refractivity contribution in [1.82, 2.24) is 10.3 Å². The molecule has 6 heteroatoms. The molecule has 1 unspecified atom stereocenters. The predicted octanol–water partition coefficient (Wildman–Crippen LogP) is 3.30. The van der Waals surface area contributed by atoms with Crippen LogP contribution in [0.25, 0.3) is 10.9 Å². The summed E-state index contributed by atoms with van der Waals surface area (Å²) in [5.74, 6) is 1.27. The minimum Gasteiger partial charge on any atom is -0.497 e. The molecule has 0 radical (unpaired) electrons. The van der Waals surface area contributed by atoms with Gasteiger partial charge in [-0.15, -0.1) is 0 Å². The van der Waals surface area contributed by atoms with Crippen molar-refractivity contribution in [3.63, 3.8) is 0 Å². The molecule has 1 amide bonds. The van der Waals surface area contributed by atoms with Crippen molar-refractivity contribution in [2.45, 2.75) is 6.10 Å². The Kier molecular flexibility index (Phi) is 5.43. The van der Waals surface area contributed by atoms with E-state index in [0.29, 0.717) is 12.2 Å². The Morgan fingerprint density at radius 2 is 1.88 bits per heavy atom. The zero-order chi connectivity index (χ0) is 18.5. The van der Waals surface area contributed by atoms with Gasteiger partial charge < -0.3 is 24.5 Å². The van der Waals surface area contributed by atoms with Crippen molar-refractivity contribution >= 4 is 16.8 Å². The number of benzene rings is 2. The fraction of sp³-hybridized carbons (Fsp3) is 0.250. The number of ether oxygens (including phenoxy) is 3. The van der Waals surface area contributed by atoms with E-state index in [1.165, 1.54) is 0 Å². The molecule has 1 heterocycles. The van der Waals surface area contributed by atoms with E-state index in [2.05, 4.69) is 10.3 Å². The normalized spacial score (nSPS) is 12.0. The number of aromatic nitrogens is 1. The third-order valence-electron chi connectivity index (χ3n) is 4.29. The van der Waals surface area contributed by atoms with Gasteiger partial charge in [0.1, 0.15) is 23.3 Å². The van der Waals surface area contributed by atoms with Gasteiger partial charge in [-0.2, -0.15) is 0 Å². The first-order valence-electron chi connectivity index (χ1n) is 8.27. The number of fused-ring (bicyclic) bond motifs is 1. The molecule has 0 spiro atoms. The van der Waals surface area contributed by atoms with Crippen LogP contribution in [0.1, 0.15) is 22.2 Å². The average Bonchev–Trinajstić information content (AvgIpc) is 3.11. The highest BCUT2D eigenvalue weighted by Gasteiger charge is 2.17. The quantitative estimate of drug-likeness (QED) is 0.683. The summed E-state index contributed by atoms with van der Waals surface area (Å²) in [6, 6.07) is 15.1. The Morgan fingerprint density at radius 3 is 2.62 bits per heavy atom. The lowest BCUT2D eigenvalue weighted by molar-refractivity contribution is 0.0816. The molecular weight excluding hydrogens is 332 g/mol. The van der Waals surface area contributed by atoms with E-state index in [1.54, 1.807) is 21.3 Å². The van der Waals surface area contributed by atoms with E-state index < -0.39 is 0 Å². The second-order valence-corrected chi connectivity index (χ2v) is 5.81. The first kappa shape index (κ1) is 17.8. The van der Waals surface area contributed by atoms with E-state index in [1.807, 2.05) is 48.5 Å². The molecule has 0 saturated heterocycles. The molecule has 2 N–H and O–H groups in total. The van der Waals surface area contributed by atoms with Gasteiger partial charge in [-0.3, -0.25) is 4.79 Å². The van der Waals surface area contributed by atoms with Crippen molar-refractivity contribution in [1.29, 1.82) is 0 Å². The molecule has 0 aliphatic rings. The van der Waals surface area contributed by atoms with E-state index in [-0.39, 0.29) is 12.0 Å². The van der Waals surface area contributed by atoms with Gasteiger partial charge in [0.25, 0.3) is 5.91 Å². The number of hydrogen-bond donors (Lipinski definition) is 2. The molecule has 0 bridgehead atoms. The van der Waals surface area contributed by atoms with Crippen LogP contribution in [0, 0.1) is 0 Å². The second kappa shape index (κ2) is 7.93. The Morgan fingerprint density at radius 1 is 1.08 bits per heavy atom. The molecular formula is C20H22N2O4. The summed E-state index contributed by atoms with van der Waals surface area (Å²) in [4.78, 5) is 15.6. The maximum Gasteiger partial charge on any atom is 0.267 e. The van der Waals surface area contributed by atoms with Gasteiger partial charge in [-0.05, 0) is 24.3 Å². The monoisotopic (exact) mass is 354 g/mol. The van der Waals surface area contributed by atoms with E-state index >= 15 is 0 Å². The van der Waals surface area contributed by atoms with Gasteiger partial charge in [0.05, 0.1) is 14.2 Å². The molecule has 1 aromatic heterocycles. The van der Waals surface area contributed by atoms with Crippen molar-refractivity contribution in [2.75, 3.05) is 27.9 Å². The third-order valence-corrected chi connectivity index (χ3v) is 4.29.